The number of carbonyl (C=O) groups excluding carboxylic acids is 2. The van der Waals surface area contributed by atoms with Crippen LogP contribution < -0.4 is 4.90 Å². The van der Waals surface area contributed by atoms with Gasteiger partial charge in [-0.2, -0.15) is 0 Å². The van der Waals surface area contributed by atoms with Gasteiger partial charge in [0.2, 0.25) is 0 Å². The third-order valence-electron chi connectivity index (χ3n) is 3.88. The van der Waals surface area contributed by atoms with Crippen LogP contribution in [0.4, 0.5) is 10.8 Å². The lowest BCUT2D eigenvalue weighted by atomic mass is 10.0. The van der Waals surface area contributed by atoms with E-state index < -0.39 is 17.7 Å². The monoisotopic (exact) mass is 351 g/mol. The summed E-state index contributed by atoms with van der Waals surface area (Å²) in [5, 5.41) is 0. The highest BCUT2D eigenvalue weighted by atomic mass is 16.6. The molecule has 0 bridgehead atoms. The van der Waals surface area contributed by atoms with Gasteiger partial charge in [-0.1, -0.05) is 13.8 Å². The Kier molecular flexibility index (Phi) is 6.08. The highest BCUT2D eigenvalue weighted by Crippen LogP contribution is 2.24. The third kappa shape index (κ3) is 5.21. The molecule has 2 heterocycles. The molecule has 1 saturated heterocycles. The molecule has 2 rings (SSSR count). The van der Waals surface area contributed by atoms with Gasteiger partial charge >= 0.3 is 12.1 Å². The van der Waals surface area contributed by atoms with Crippen molar-refractivity contribution in [3.8, 4) is 0 Å². The highest BCUT2D eigenvalue weighted by molar-refractivity contribution is 5.97. The van der Waals surface area contributed by atoms with Crippen LogP contribution in [0.25, 0.3) is 0 Å². The molecule has 1 aliphatic rings. The minimum absolute atomic E-state index is 0.165. The maximum Gasteiger partial charge on any atom is 0.410 e. The number of hydrogen-bond donors (Lipinski definition) is 0. The number of amides is 2. The number of hydrogen-bond acceptors (Lipinski definition) is 5. The average Bonchev–Trinajstić information content (AvgIpc) is 3.04. The molecule has 0 aromatic carbocycles. The zero-order chi connectivity index (χ0) is 18.6. The summed E-state index contributed by atoms with van der Waals surface area (Å²) in [7, 11) is 0. The van der Waals surface area contributed by atoms with Crippen LogP contribution in [0.2, 0.25) is 0 Å². The summed E-state index contributed by atoms with van der Waals surface area (Å²) in [6, 6.07) is -0.275. The molecule has 1 fully saturated rings. The minimum atomic E-state index is -0.595. The first-order valence-electron chi connectivity index (χ1n) is 8.89. The summed E-state index contributed by atoms with van der Waals surface area (Å²) >= 11 is 0. The maximum absolute atomic E-state index is 13.2. The van der Waals surface area contributed by atoms with Gasteiger partial charge in [-0.3, -0.25) is 14.6 Å². The lowest BCUT2D eigenvalue weighted by Crippen LogP contribution is -2.54. The van der Waals surface area contributed by atoms with Crippen LogP contribution in [-0.4, -0.2) is 46.6 Å². The number of nitrogens with zero attached hydrogens (tertiary/aromatic N) is 3. The van der Waals surface area contributed by atoms with Gasteiger partial charge in [0, 0.05) is 13.1 Å². The van der Waals surface area contributed by atoms with Crippen LogP contribution in [0.5, 0.6) is 0 Å². The van der Waals surface area contributed by atoms with E-state index in [1.54, 1.807) is 4.90 Å². The van der Waals surface area contributed by atoms with Gasteiger partial charge < -0.3 is 9.15 Å². The van der Waals surface area contributed by atoms with E-state index in [0.717, 1.165) is 12.8 Å². The number of rotatable bonds is 4. The highest BCUT2D eigenvalue weighted by Gasteiger charge is 2.38. The Labute approximate surface area is 149 Å². The number of oxazole rings is 1. The van der Waals surface area contributed by atoms with Crippen molar-refractivity contribution < 1.29 is 18.7 Å². The molecule has 1 aromatic heterocycles. The molecule has 0 spiro atoms. The summed E-state index contributed by atoms with van der Waals surface area (Å²) in [5.41, 5.74) is -0.595. The molecule has 0 N–H and O–H groups in total. The summed E-state index contributed by atoms with van der Waals surface area (Å²) in [4.78, 5) is 33.0. The number of ether oxygens (including phenoxy) is 1. The fourth-order valence-electron chi connectivity index (χ4n) is 2.88. The Morgan fingerprint density at radius 1 is 1.40 bits per heavy atom. The summed E-state index contributed by atoms with van der Waals surface area (Å²) in [6.45, 7) is 10.5. The first-order chi connectivity index (χ1) is 11.7. The molecule has 25 heavy (non-hydrogen) atoms. The first kappa shape index (κ1) is 19.3. The standard InChI is InChI=1S/C18H29N3O4/c1-13(2)12-21(16-19-9-11-24-16)15(22)14-8-6-7-10-20(14)17(23)25-18(3,4)5/h9,11,13-14H,6-8,10,12H2,1-5H3. The largest absolute Gasteiger partial charge is 0.444 e. The summed E-state index contributed by atoms with van der Waals surface area (Å²) < 4.78 is 10.8. The number of likely N-dealkylation sites (tertiary alicyclic amines) is 1. The van der Waals surface area contributed by atoms with Crippen molar-refractivity contribution in [2.45, 2.75) is 65.5 Å². The second kappa shape index (κ2) is 7.89. The van der Waals surface area contributed by atoms with E-state index in [1.807, 2.05) is 34.6 Å². The molecule has 1 atom stereocenters. The molecule has 1 aromatic rings. The smallest absolute Gasteiger partial charge is 0.410 e. The van der Waals surface area contributed by atoms with Crippen LogP contribution in [0, 0.1) is 5.92 Å². The van der Waals surface area contributed by atoms with E-state index in [9.17, 15) is 9.59 Å². The van der Waals surface area contributed by atoms with E-state index in [4.69, 9.17) is 9.15 Å². The zero-order valence-electron chi connectivity index (χ0n) is 15.8. The van der Waals surface area contributed by atoms with Crippen molar-refractivity contribution in [2.24, 2.45) is 5.92 Å². The van der Waals surface area contributed by atoms with Crippen LogP contribution >= 0.6 is 0 Å². The van der Waals surface area contributed by atoms with Crippen LogP contribution in [-0.2, 0) is 9.53 Å². The van der Waals surface area contributed by atoms with Gasteiger partial charge in [0.15, 0.2) is 0 Å². The van der Waals surface area contributed by atoms with E-state index in [0.29, 0.717) is 19.5 Å². The van der Waals surface area contributed by atoms with E-state index in [2.05, 4.69) is 4.98 Å². The minimum Gasteiger partial charge on any atom is -0.444 e. The van der Waals surface area contributed by atoms with Crippen LogP contribution in [0.3, 0.4) is 0 Å². The molecule has 7 nitrogen and oxygen atoms in total. The average molecular weight is 351 g/mol. The van der Waals surface area contributed by atoms with Gasteiger partial charge in [0.05, 0.1) is 6.20 Å². The second-order valence-electron chi connectivity index (χ2n) is 7.84. The van der Waals surface area contributed by atoms with Gasteiger partial charge in [-0.05, 0) is 46.0 Å². The van der Waals surface area contributed by atoms with Crippen LogP contribution in [0.15, 0.2) is 16.9 Å². The molecule has 0 saturated carbocycles. The van der Waals surface area contributed by atoms with Gasteiger partial charge in [-0.25, -0.2) is 9.78 Å². The van der Waals surface area contributed by atoms with Crippen LogP contribution in [0.1, 0.15) is 53.9 Å². The Hall–Kier alpha value is -2.05. The SMILES string of the molecule is CC(C)CN(C(=O)C1CCCCN1C(=O)OC(C)(C)C)c1ncco1. The predicted molar refractivity (Wildman–Crippen MR) is 94.3 cm³/mol. The molecule has 1 unspecified atom stereocenters. The maximum atomic E-state index is 13.2. The predicted octanol–water partition coefficient (Wildman–Crippen LogP) is 3.45. The molecule has 1 aliphatic heterocycles. The Balaban J connectivity index is 2.21. The number of aromatic nitrogens is 1. The third-order valence-corrected chi connectivity index (χ3v) is 3.88. The molecule has 0 aliphatic carbocycles. The Bertz CT molecular complexity index is 578. The van der Waals surface area contributed by atoms with E-state index in [1.165, 1.54) is 17.4 Å². The number of piperidine rings is 1. The molecular formula is C18H29N3O4. The fraction of sp³-hybridized carbons (Fsp3) is 0.722. The fourth-order valence-corrected chi connectivity index (χ4v) is 2.88. The van der Waals surface area contributed by atoms with Crippen molar-refractivity contribution >= 4 is 18.0 Å². The summed E-state index contributed by atoms with van der Waals surface area (Å²) in [6.07, 6.45) is 4.91. The van der Waals surface area contributed by atoms with Crippen molar-refractivity contribution in [3.63, 3.8) is 0 Å². The molecule has 0 radical (unpaired) electrons. The zero-order valence-corrected chi connectivity index (χ0v) is 15.8. The van der Waals surface area contributed by atoms with Crippen molar-refractivity contribution in [1.29, 1.82) is 0 Å². The molecule has 2 amide bonds. The molecule has 7 heteroatoms. The van der Waals surface area contributed by atoms with E-state index >= 15 is 0 Å². The van der Waals surface area contributed by atoms with E-state index in [-0.39, 0.29) is 17.8 Å². The van der Waals surface area contributed by atoms with Gasteiger partial charge in [0.1, 0.15) is 17.9 Å². The first-order valence-corrected chi connectivity index (χ1v) is 8.89. The normalized spacial score (nSPS) is 18.3. The Morgan fingerprint density at radius 2 is 2.12 bits per heavy atom. The Morgan fingerprint density at radius 3 is 2.68 bits per heavy atom. The van der Waals surface area contributed by atoms with Crippen molar-refractivity contribution in [1.82, 2.24) is 9.88 Å². The topological polar surface area (TPSA) is 75.9 Å². The van der Waals surface area contributed by atoms with Gasteiger partial charge in [0.25, 0.3) is 5.91 Å². The van der Waals surface area contributed by atoms with Crippen molar-refractivity contribution in [2.75, 3.05) is 18.0 Å². The second-order valence-corrected chi connectivity index (χ2v) is 7.84. The molecular weight excluding hydrogens is 322 g/mol. The number of anilines is 1. The molecule has 140 valence electrons. The quantitative estimate of drug-likeness (QED) is 0.830. The van der Waals surface area contributed by atoms with Gasteiger partial charge in [-0.15, -0.1) is 0 Å². The summed E-state index contributed by atoms with van der Waals surface area (Å²) in [5.74, 6) is 0.0797. The lowest BCUT2D eigenvalue weighted by molar-refractivity contribution is -0.125. The van der Waals surface area contributed by atoms with Crippen molar-refractivity contribution in [3.05, 3.63) is 12.5 Å². The lowest BCUT2D eigenvalue weighted by Gasteiger charge is -2.37. The number of carbonyl (C=O) groups is 2.